The first kappa shape index (κ1) is 8.85. The quantitative estimate of drug-likeness (QED) is 0.716. The van der Waals surface area contributed by atoms with Crippen molar-refractivity contribution in [2.24, 2.45) is 0 Å². The van der Waals surface area contributed by atoms with Gasteiger partial charge >= 0.3 is 0 Å². The zero-order valence-corrected chi connectivity index (χ0v) is 7.51. The third-order valence-corrected chi connectivity index (χ3v) is 1.81. The zero-order chi connectivity index (χ0) is 8.81. The van der Waals surface area contributed by atoms with Crippen LogP contribution < -0.4 is 5.32 Å². The van der Waals surface area contributed by atoms with E-state index in [1.165, 1.54) is 5.56 Å². The van der Waals surface area contributed by atoms with Crippen LogP contribution >= 0.6 is 0 Å². The molecule has 0 aliphatic rings. The fourth-order valence-electron chi connectivity index (χ4n) is 0.948. The van der Waals surface area contributed by atoms with E-state index in [-0.39, 0.29) is 0 Å². The van der Waals surface area contributed by atoms with Crippen molar-refractivity contribution >= 4 is 0 Å². The van der Waals surface area contributed by atoms with E-state index in [0.29, 0.717) is 0 Å². The highest BCUT2D eigenvalue weighted by Crippen LogP contribution is 1.99. The number of benzene rings is 1. The molecule has 0 atom stereocenters. The van der Waals surface area contributed by atoms with E-state index >= 15 is 0 Å². The van der Waals surface area contributed by atoms with E-state index in [4.69, 9.17) is 0 Å². The smallest absolute Gasteiger partial charge is 0.0397 e. The maximum Gasteiger partial charge on any atom is 0.0397 e. The minimum atomic E-state index is 0.882. The summed E-state index contributed by atoms with van der Waals surface area (Å²) in [4.78, 5) is 0. The molecule has 0 fully saturated rings. The Balaban J connectivity index is 2.38. The van der Waals surface area contributed by atoms with E-state index in [1.54, 1.807) is 0 Å². The summed E-state index contributed by atoms with van der Waals surface area (Å²) in [6, 6.07) is 10.3. The van der Waals surface area contributed by atoms with E-state index in [1.807, 2.05) is 18.2 Å². The van der Waals surface area contributed by atoms with Gasteiger partial charge in [-0.25, -0.2) is 0 Å². The lowest BCUT2D eigenvalue weighted by molar-refractivity contribution is 0.777. The second-order valence-electron chi connectivity index (χ2n) is 2.80. The maximum absolute atomic E-state index is 3.88. The lowest BCUT2D eigenvalue weighted by atomic mass is 10.2. The third kappa shape index (κ3) is 2.79. The zero-order valence-electron chi connectivity index (χ0n) is 7.51. The number of allylic oxidation sites excluding steroid dienone is 1. The summed E-state index contributed by atoms with van der Waals surface area (Å²) in [7, 11) is 0. The van der Waals surface area contributed by atoms with Crippen LogP contribution in [0.15, 0.2) is 42.6 Å². The summed E-state index contributed by atoms with van der Waals surface area (Å²) in [5.41, 5.74) is 2.39. The highest BCUT2D eigenvalue weighted by atomic mass is 14.9. The molecule has 0 amide bonds. The summed E-state index contributed by atoms with van der Waals surface area (Å²) in [5, 5.41) is 3.25. The van der Waals surface area contributed by atoms with Crippen LogP contribution in [0, 0.1) is 0 Å². The van der Waals surface area contributed by atoms with E-state index in [2.05, 4.69) is 31.0 Å². The summed E-state index contributed by atoms with van der Waals surface area (Å²) >= 11 is 0. The van der Waals surface area contributed by atoms with Gasteiger partial charge in [0.15, 0.2) is 0 Å². The molecule has 1 nitrogen and oxygen atoms in total. The predicted octanol–water partition coefficient (Wildman–Crippen LogP) is 2.70. The largest absolute Gasteiger partial charge is 0.385 e. The SMILES string of the molecule is C=C(CC)NCc1ccccc1. The Hall–Kier alpha value is -1.24. The minimum absolute atomic E-state index is 0.882. The molecule has 0 radical (unpaired) electrons. The van der Waals surface area contributed by atoms with Crippen molar-refractivity contribution in [3.8, 4) is 0 Å². The first-order valence-electron chi connectivity index (χ1n) is 4.28. The molecule has 1 N–H and O–H groups in total. The van der Waals surface area contributed by atoms with E-state index < -0.39 is 0 Å². The van der Waals surface area contributed by atoms with Crippen LogP contribution in [0.2, 0.25) is 0 Å². The Kier molecular flexibility index (Phi) is 3.39. The molecule has 0 aromatic heterocycles. The summed E-state index contributed by atoms with van der Waals surface area (Å²) in [5.74, 6) is 0. The van der Waals surface area contributed by atoms with Crippen molar-refractivity contribution in [1.82, 2.24) is 5.32 Å². The average molecular weight is 161 g/mol. The molecule has 0 heterocycles. The lowest BCUT2D eigenvalue weighted by Crippen LogP contribution is -2.10. The van der Waals surface area contributed by atoms with Crippen LogP contribution in [0.25, 0.3) is 0 Å². The monoisotopic (exact) mass is 161 g/mol. The Bertz CT molecular complexity index is 238. The molecule has 0 saturated carbocycles. The molecule has 0 aliphatic carbocycles. The topological polar surface area (TPSA) is 12.0 Å². The lowest BCUT2D eigenvalue weighted by Gasteiger charge is -2.06. The minimum Gasteiger partial charge on any atom is -0.385 e. The van der Waals surface area contributed by atoms with Gasteiger partial charge in [0, 0.05) is 12.2 Å². The molecule has 1 aromatic carbocycles. The van der Waals surface area contributed by atoms with E-state index in [0.717, 1.165) is 18.7 Å². The second kappa shape index (κ2) is 4.60. The molecule has 64 valence electrons. The Labute approximate surface area is 74.1 Å². The van der Waals surface area contributed by atoms with Crippen molar-refractivity contribution in [3.05, 3.63) is 48.2 Å². The van der Waals surface area contributed by atoms with Gasteiger partial charge in [-0.05, 0) is 12.0 Å². The first-order chi connectivity index (χ1) is 5.83. The highest BCUT2D eigenvalue weighted by Gasteiger charge is 1.90. The fraction of sp³-hybridized carbons (Fsp3) is 0.273. The van der Waals surface area contributed by atoms with Crippen LogP contribution in [0.4, 0.5) is 0 Å². The number of nitrogens with one attached hydrogen (secondary N) is 1. The highest BCUT2D eigenvalue weighted by molar-refractivity contribution is 5.15. The van der Waals surface area contributed by atoms with Gasteiger partial charge < -0.3 is 5.32 Å². The summed E-state index contributed by atoms with van der Waals surface area (Å²) in [6.45, 7) is 6.86. The standard InChI is InChI=1S/C11H15N/c1-3-10(2)12-9-11-7-5-4-6-8-11/h4-8,12H,2-3,9H2,1H3. The molecule has 1 rings (SSSR count). The number of hydrogen-bond donors (Lipinski definition) is 1. The van der Waals surface area contributed by atoms with E-state index in [9.17, 15) is 0 Å². The molecule has 0 spiro atoms. The summed E-state index contributed by atoms with van der Waals surface area (Å²) < 4.78 is 0. The first-order valence-corrected chi connectivity index (χ1v) is 4.28. The number of rotatable bonds is 4. The normalized spacial score (nSPS) is 9.42. The molecule has 0 aliphatic heterocycles. The molecule has 1 heteroatoms. The van der Waals surface area contributed by atoms with Gasteiger partial charge in [-0.3, -0.25) is 0 Å². The van der Waals surface area contributed by atoms with Gasteiger partial charge in [-0.2, -0.15) is 0 Å². The predicted molar refractivity (Wildman–Crippen MR) is 52.7 cm³/mol. The third-order valence-electron chi connectivity index (χ3n) is 1.81. The van der Waals surface area contributed by atoms with Crippen LogP contribution in [0.1, 0.15) is 18.9 Å². The van der Waals surface area contributed by atoms with Crippen LogP contribution in [-0.2, 0) is 6.54 Å². The maximum atomic E-state index is 3.88. The molecule has 0 unspecified atom stereocenters. The van der Waals surface area contributed by atoms with Crippen molar-refractivity contribution < 1.29 is 0 Å². The van der Waals surface area contributed by atoms with Gasteiger partial charge in [0.2, 0.25) is 0 Å². The molecule has 1 aromatic rings. The molecular weight excluding hydrogens is 146 g/mol. The fourth-order valence-corrected chi connectivity index (χ4v) is 0.948. The Morgan fingerprint density at radius 1 is 1.33 bits per heavy atom. The van der Waals surface area contributed by atoms with Crippen LogP contribution in [0.3, 0.4) is 0 Å². The van der Waals surface area contributed by atoms with Crippen molar-refractivity contribution in [2.45, 2.75) is 19.9 Å². The molecule has 12 heavy (non-hydrogen) atoms. The van der Waals surface area contributed by atoms with Crippen molar-refractivity contribution in [1.29, 1.82) is 0 Å². The second-order valence-corrected chi connectivity index (χ2v) is 2.80. The number of hydrogen-bond acceptors (Lipinski definition) is 1. The molecule has 0 saturated heterocycles. The Morgan fingerprint density at radius 3 is 2.58 bits per heavy atom. The molecular formula is C11H15N. The summed E-state index contributed by atoms with van der Waals surface area (Å²) in [6.07, 6.45) is 0.993. The van der Waals surface area contributed by atoms with Gasteiger partial charge in [0.1, 0.15) is 0 Å². The van der Waals surface area contributed by atoms with Crippen molar-refractivity contribution in [2.75, 3.05) is 0 Å². The van der Waals surface area contributed by atoms with Crippen molar-refractivity contribution in [3.63, 3.8) is 0 Å². The average Bonchev–Trinajstić information content (AvgIpc) is 2.16. The Morgan fingerprint density at radius 2 is 2.00 bits per heavy atom. The van der Waals surface area contributed by atoms with Crippen LogP contribution in [-0.4, -0.2) is 0 Å². The molecule has 0 bridgehead atoms. The van der Waals surface area contributed by atoms with Gasteiger partial charge in [0.05, 0.1) is 0 Å². The van der Waals surface area contributed by atoms with Gasteiger partial charge in [0.25, 0.3) is 0 Å². The van der Waals surface area contributed by atoms with Crippen LogP contribution in [0.5, 0.6) is 0 Å². The van der Waals surface area contributed by atoms with Gasteiger partial charge in [-0.1, -0.05) is 43.8 Å². The van der Waals surface area contributed by atoms with Gasteiger partial charge in [-0.15, -0.1) is 0 Å².